The van der Waals surface area contributed by atoms with Crippen LogP contribution in [0.15, 0.2) is 39.5 Å². The summed E-state index contributed by atoms with van der Waals surface area (Å²) in [6.07, 6.45) is 0. The molecule has 0 saturated carbocycles. The van der Waals surface area contributed by atoms with E-state index in [1.54, 1.807) is 35.7 Å². The summed E-state index contributed by atoms with van der Waals surface area (Å²) < 4.78 is 6.29. The van der Waals surface area contributed by atoms with Crippen LogP contribution in [0.3, 0.4) is 0 Å². The molecule has 0 atom stereocenters. The quantitative estimate of drug-likeness (QED) is 0.878. The first-order valence-electron chi connectivity index (χ1n) is 5.67. The average Bonchev–Trinajstić information content (AvgIpc) is 2.85. The van der Waals surface area contributed by atoms with Crippen molar-refractivity contribution < 1.29 is 9.53 Å². The highest BCUT2D eigenvalue weighted by atomic mass is 79.9. The zero-order valence-corrected chi connectivity index (χ0v) is 12.5. The molecule has 3 N–H and O–H groups in total. The van der Waals surface area contributed by atoms with Crippen LogP contribution in [0.2, 0.25) is 0 Å². The standard InChI is InChI=1S/C13H13BrN2O2S/c14-12-7-9(8-19-12)13(17)16-10-1-3-11(4-2-10)18-6-5-15/h1-4,7-8H,5-6,15H2,(H,16,17). The second-order valence-electron chi connectivity index (χ2n) is 3.76. The van der Waals surface area contributed by atoms with Crippen LogP contribution in [0.4, 0.5) is 5.69 Å². The van der Waals surface area contributed by atoms with Gasteiger partial charge in [0.05, 0.1) is 9.35 Å². The van der Waals surface area contributed by atoms with Crippen molar-refractivity contribution in [1.82, 2.24) is 0 Å². The van der Waals surface area contributed by atoms with E-state index in [1.165, 1.54) is 11.3 Å². The Hall–Kier alpha value is -1.37. The largest absolute Gasteiger partial charge is 0.492 e. The number of amides is 1. The number of nitrogens with one attached hydrogen (secondary N) is 1. The molecule has 1 amide bonds. The van der Waals surface area contributed by atoms with Gasteiger partial charge in [-0.2, -0.15) is 0 Å². The minimum atomic E-state index is -0.127. The third-order valence-electron chi connectivity index (χ3n) is 2.33. The first kappa shape index (κ1) is 14.0. The number of hydrogen-bond acceptors (Lipinski definition) is 4. The van der Waals surface area contributed by atoms with Gasteiger partial charge in [0.25, 0.3) is 5.91 Å². The van der Waals surface area contributed by atoms with Gasteiger partial charge < -0.3 is 15.8 Å². The van der Waals surface area contributed by atoms with Crippen molar-refractivity contribution in [1.29, 1.82) is 0 Å². The Balaban J connectivity index is 1.97. The number of hydrogen-bond donors (Lipinski definition) is 2. The number of ether oxygens (including phenoxy) is 1. The number of anilines is 1. The van der Waals surface area contributed by atoms with E-state index in [2.05, 4.69) is 21.2 Å². The van der Waals surface area contributed by atoms with Crippen molar-refractivity contribution >= 4 is 38.9 Å². The van der Waals surface area contributed by atoms with Gasteiger partial charge in [0, 0.05) is 17.6 Å². The lowest BCUT2D eigenvalue weighted by Crippen LogP contribution is -2.11. The molecule has 19 heavy (non-hydrogen) atoms. The molecule has 1 aromatic carbocycles. The van der Waals surface area contributed by atoms with Crippen LogP contribution in [-0.2, 0) is 0 Å². The highest BCUT2D eigenvalue weighted by Crippen LogP contribution is 2.22. The maximum absolute atomic E-state index is 11.9. The molecule has 0 spiro atoms. The molecule has 6 heteroatoms. The first-order valence-corrected chi connectivity index (χ1v) is 7.34. The molecule has 0 bridgehead atoms. The molecule has 0 radical (unpaired) electrons. The highest BCUT2D eigenvalue weighted by Gasteiger charge is 2.08. The zero-order chi connectivity index (χ0) is 13.7. The zero-order valence-electron chi connectivity index (χ0n) is 10.1. The number of nitrogens with two attached hydrogens (primary N) is 1. The second-order valence-corrected chi connectivity index (χ2v) is 6.05. The SMILES string of the molecule is NCCOc1ccc(NC(=O)c2csc(Br)c2)cc1. The molecule has 2 rings (SSSR count). The van der Waals surface area contributed by atoms with E-state index in [4.69, 9.17) is 10.5 Å². The van der Waals surface area contributed by atoms with Crippen LogP contribution in [-0.4, -0.2) is 19.1 Å². The van der Waals surface area contributed by atoms with Gasteiger partial charge in [-0.1, -0.05) is 0 Å². The van der Waals surface area contributed by atoms with Gasteiger partial charge in [0.2, 0.25) is 0 Å². The predicted octanol–water partition coefficient (Wildman–Crippen LogP) is 3.10. The maximum Gasteiger partial charge on any atom is 0.256 e. The topological polar surface area (TPSA) is 64.3 Å². The van der Waals surface area contributed by atoms with Crippen molar-refractivity contribution in [3.8, 4) is 5.75 Å². The van der Waals surface area contributed by atoms with E-state index in [-0.39, 0.29) is 5.91 Å². The van der Waals surface area contributed by atoms with E-state index >= 15 is 0 Å². The van der Waals surface area contributed by atoms with Gasteiger partial charge in [-0.15, -0.1) is 11.3 Å². The van der Waals surface area contributed by atoms with Gasteiger partial charge in [0.1, 0.15) is 12.4 Å². The van der Waals surface area contributed by atoms with Crippen molar-refractivity contribution in [2.24, 2.45) is 5.73 Å². The summed E-state index contributed by atoms with van der Waals surface area (Å²) in [6, 6.07) is 8.98. The predicted molar refractivity (Wildman–Crippen MR) is 81.0 cm³/mol. The van der Waals surface area contributed by atoms with Crippen molar-refractivity contribution in [2.45, 2.75) is 0 Å². The van der Waals surface area contributed by atoms with E-state index in [9.17, 15) is 4.79 Å². The second kappa shape index (κ2) is 6.70. The number of carbonyl (C=O) groups excluding carboxylic acids is 1. The lowest BCUT2D eigenvalue weighted by Gasteiger charge is -2.07. The third kappa shape index (κ3) is 4.05. The molecule has 1 aromatic heterocycles. The number of thiophene rings is 1. The van der Waals surface area contributed by atoms with Crippen LogP contribution in [0.25, 0.3) is 0 Å². The van der Waals surface area contributed by atoms with Crippen molar-refractivity contribution in [3.63, 3.8) is 0 Å². The monoisotopic (exact) mass is 340 g/mol. The van der Waals surface area contributed by atoms with Crippen LogP contribution >= 0.6 is 27.3 Å². The molecule has 0 aliphatic rings. The minimum absolute atomic E-state index is 0.127. The van der Waals surface area contributed by atoms with Crippen LogP contribution in [0.1, 0.15) is 10.4 Å². The summed E-state index contributed by atoms with van der Waals surface area (Å²) in [5.74, 6) is 0.610. The summed E-state index contributed by atoms with van der Waals surface area (Å²) in [4.78, 5) is 11.9. The molecule has 4 nitrogen and oxygen atoms in total. The van der Waals surface area contributed by atoms with Gasteiger partial charge >= 0.3 is 0 Å². The number of benzene rings is 1. The summed E-state index contributed by atoms with van der Waals surface area (Å²) in [5, 5.41) is 4.63. The lowest BCUT2D eigenvalue weighted by molar-refractivity contribution is 0.102. The number of carbonyl (C=O) groups is 1. The van der Waals surface area contributed by atoms with Crippen molar-refractivity contribution in [2.75, 3.05) is 18.5 Å². The van der Waals surface area contributed by atoms with Crippen LogP contribution in [0, 0.1) is 0 Å². The Morgan fingerprint density at radius 3 is 2.68 bits per heavy atom. The Labute approximate surface area is 123 Å². The third-order valence-corrected chi connectivity index (χ3v) is 3.83. The normalized spacial score (nSPS) is 10.2. The van der Waals surface area contributed by atoms with E-state index in [0.717, 1.165) is 15.2 Å². The molecule has 1 heterocycles. The average molecular weight is 341 g/mol. The lowest BCUT2D eigenvalue weighted by atomic mass is 10.2. The maximum atomic E-state index is 11.9. The fourth-order valence-corrected chi connectivity index (χ4v) is 2.58. The molecule has 0 saturated heterocycles. The van der Waals surface area contributed by atoms with Crippen molar-refractivity contribution in [3.05, 3.63) is 45.1 Å². The molecule has 100 valence electrons. The van der Waals surface area contributed by atoms with Crippen LogP contribution < -0.4 is 15.8 Å². The first-order chi connectivity index (χ1) is 9.19. The molecule has 0 aliphatic carbocycles. The number of halogens is 1. The Bertz CT molecular complexity index is 554. The van der Waals surface area contributed by atoms with E-state index in [1.807, 2.05) is 0 Å². The summed E-state index contributed by atoms with van der Waals surface area (Å²) >= 11 is 4.81. The summed E-state index contributed by atoms with van der Waals surface area (Å²) in [7, 11) is 0. The minimum Gasteiger partial charge on any atom is -0.492 e. The fourth-order valence-electron chi connectivity index (χ4n) is 1.44. The Kier molecular flexibility index (Phi) is 4.95. The van der Waals surface area contributed by atoms with Gasteiger partial charge in [0.15, 0.2) is 0 Å². The molecule has 0 aliphatic heterocycles. The smallest absolute Gasteiger partial charge is 0.256 e. The van der Waals surface area contributed by atoms with E-state index in [0.29, 0.717) is 18.7 Å². The molecule has 0 unspecified atom stereocenters. The molecule has 2 aromatic rings. The Morgan fingerprint density at radius 2 is 2.11 bits per heavy atom. The van der Waals surface area contributed by atoms with Gasteiger partial charge in [-0.25, -0.2) is 0 Å². The van der Waals surface area contributed by atoms with Gasteiger partial charge in [-0.3, -0.25) is 4.79 Å². The molecular formula is C13H13BrN2O2S. The fraction of sp³-hybridized carbons (Fsp3) is 0.154. The molecular weight excluding hydrogens is 328 g/mol. The highest BCUT2D eigenvalue weighted by molar-refractivity contribution is 9.11. The van der Waals surface area contributed by atoms with Crippen LogP contribution in [0.5, 0.6) is 5.75 Å². The summed E-state index contributed by atoms with van der Waals surface area (Å²) in [5.41, 5.74) is 6.72. The molecule has 0 fully saturated rings. The Morgan fingerprint density at radius 1 is 1.37 bits per heavy atom. The number of rotatable bonds is 5. The van der Waals surface area contributed by atoms with Gasteiger partial charge in [-0.05, 0) is 46.3 Å². The summed E-state index contributed by atoms with van der Waals surface area (Å²) in [6.45, 7) is 0.958. The van der Waals surface area contributed by atoms with E-state index < -0.39 is 0 Å².